The van der Waals surface area contributed by atoms with Gasteiger partial charge in [0.25, 0.3) is 5.91 Å². The predicted octanol–water partition coefficient (Wildman–Crippen LogP) is 2.42. The lowest BCUT2D eigenvalue weighted by atomic mass is 10.3. The van der Waals surface area contributed by atoms with Crippen LogP contribution in [0.15, 0.2) is 36.4 Å². The number of carbonyl (C=O) groups excluding carboxylic acids is 1. The fourth-order valence-corrected chi connectivity index (χ4v) is 1.66. The fourth-order valence-electron chi connectivity index (χ4n) is 1.56. The minimum Gasteiger partial charge on any atom is -0.492 e. The summed E-state index contributed by atoms with van der Waals surface area (Å²) in [6, 6.07) is 8.70. The first-order valence-electron chi connectivity index (χ1n) is 6.19. The zero-order valence-corrected chi connectivity index (χ0v) is 12.0. The lowest BCUT2D eigenvalue weighted by Gasteiger charge is -2.16. The average molecular weight is 310 g/mol. The van der Waals surface area contributed by atoms with Gasteiger partial charge in [0.1, 0.15) is 18.2 Å². The van der Waals surface area contributed by atoms with Gasteiger partial charge < -0.3 is 9.64 Å². The molecule has 0 aliphatic carbocycles. The van der Waals surface area contributed by atoms with Crippen LogP contribution < -0.4 is 4.74 Å². The molecule has 2 aromatic rings. The van der Waals surface area contributed by atoms with Crippen LogP contribution in [-0.4, -0.2) is 41.2 Å². The Kier molecular flexibility index (Phi) is 5.05. The minimum atomic E-state index is -0.323. The van der Waals surface area contributed by atoms with Crippen LogP contribution in [0.1, 0.15) is 10.5 Å². The number of likely N-dealkylation sites (N-methyl/N-ethyl adjacent to an activating group) is 1. The maximum atomic E-state index is 12.7. The molecule has 0 radical (unpaired) electrons. The number of rotatable bonds is 5. The summed E-state index contributed by atoms with van der Waals surface area (Å²) >= 11 is 5.61. The monoisotopic (exact) mass is 309 g/mol. The molecule has 0 saturated heterocycles. The largest absolute Gasteiger partial charge is 0.492 e. The van der Waals surface area contributed by atoms with Crippen molar-refractivity contribution >= 4 is 17.5 Å². The number of ether oxygens (including phenoxy) is 1. The lowest BCUT2D eigenvalue weighted by molar-refractivity contribution is 0.0767. The molecule has 21 heavy (non-hydrogen) atoms. The topological polar surface area (TPSA) is 55.3 Å². The number of carbonyl (C=O) groups is 1. The van der Waals surface area contributed by atoms with Crippen molar-refractivity contribution in [3.8, 4) is 5.75 Å². The third-order valence-corrected chi connectivity index (χ3v) is 2.91. The number of aromatic nitrogens is 2. The minimum absolute atomic E-state index is 0.212. The Hall–Kier alpha value is -2.21. The van der Waals surface area contributed by atoms with Gasteiger partial charge in [-0.3, -0.25) is 4.79 Å². The van der Waals surface area contributed by atoms with E-state index in [0.717, 1.165) is 0 Å². The molecule has 0 saturated carbocycles. The van der Waals surface area contributed by atoms with E-state index in [2.05, 4.69) is 10.2 Å². The van der Waals surface area contributed by atoms with Gasteiger partial charge in [0.05, 0.1) is 6.54 Å². The van der Waals surface area contributed by atoms with E-state index in [0.29, 0.717) is 12.3 Å². The molecule has 0 bridgehead atoms. The van der Waals surface area contributed by atoms with E-state index in [9.17, 15) is 9.18 Å². The Bertz CT molecular complexity index is 605. The summed E-state index contributed by atoms with van der Waals surface area (Å²) in [6.07, 6.45) is 0. The highest BCUT2D eigenvalue weighted by molar-refractivity contribution is 6.29. The van der Waals surface area contributed by atoms with Crippen molar-refractivity contribution in [2.24, 2.45) is 0 Å². The molecule has 0 fully saturated rings. The van der Waals surface area contributed by atoms with Crippen LogP contribution >= 0.6 is 11.6 Å². The van der Waals surface area contributed by atoms with Crippen molar-refractivity contribution in [1.29, 1.82) is 0 Å². The fraction of sp³-hybridized carbons (Fsp3) is 0.214. The Labute approximate surface area is 126 Å². The van der Waals surface area contributed by atoms with Gasteiger partial charge in [0.15, 0.2) is 10.8 Å². The van der Waals surface area contributed by atoms with Gasteiger partial charge in [-0.05, 0) is 36.4 Å². The summed E-state index contributed by atoms with van der Waals surface area (Å²) in [5, 5.41) is 7.57. The molecule has 0 spiro atoms. The lowest BCUT2D eigenvalue weighted by Crippen LogP contribution is -2.31. The van der Waals surface area contributed by atoms with Crippen LogP contribution in [0.25, 0.3) is 0 Å². The summed E-state index contributed by atoms with van der Waals surface area (Å²) in [6.45, 7) is 0.648. The molecule has 110 valence electrons. The molecule has 0 atom stereocenters. The van der Waals surface area contributed by atoms with Crippen molar-refractivity contribution < 1.29 is 13.9 Å². The van der Waals surface area contributed by atoms with Crippen LogP contribution in [0.5, 0.6) is 5.75 Å². The summed E-state index contributed by atoms with van der Waals surface area (Å²) < 4.78 is 18.1. The van der Waals surface area contributed by atoms with Crippen LogP contribution in [-0.2, 0) is 0 Å². The molecule has 0 aliphatic heterocycles. The molecule has 1 heterocycles. The molecule has 0 aliphatic rings. The number of hydrogen-bond donors (Lipinski definition) is 0. The Morgan fingerprint density at radius 1 is 1.24 bits per heavy atom. The van der Waals surface area contributed by atoms with Gasteiger partial charge >= 0.3 is 0 Å². The summed E-state index contributed by atoms with van der Waals surface area (Å²) in [4.78, 5) is 13.5. The second-order valence-electron chi connectivity index (χ2n) is 4.27. The second-order valence-corrected chi connectivity index (χ2v) is 4.66. The standard InChI is InChI=1S/C14H13ClFN3O2/c1-19(14(20)12-6-7-13(15)18-17-12)8-9-21-11-4-2-10(16)3-5-11/h2-7H,8-9H2,1H3. The van der Waals surface area contributed by atoms with Crippen LogP contribution in [0.4, 0.5) is 4.39 Å². The van der Waals surface area contributed by atoms with E-state index < -0.39 is 0 Å². The predicted molar refractivity (Wildman–Crippen MR) is 75.9 cm³/mol. The first-order chi connectivity index (χ1) is 10.1. The molecule has 1 amide bonds. The zero-order chi connectivity index (χ0) is 15.2. The van der Waals surface area contributed by atoms with Gasteiger partial charge in [-0.2, -0.15) is 0 Å². The maximum Gasteiger partial charge on any atom is 0.274 e. The highest BCUT2D eigenvalue weighted by Crippen LogP contribution is 2.11. The van der Waals surface area contributed by atoms with Gasteiger partial charge in [0, 0.05) is 7.05 Å². The number of halogens is 2. The normalized spacial score (nSPS) is 10.2. The number of benzene rings is 1. The van der Waals surface area contributed by atoms with E-state index in [1.165, 1.54) is 41.3 Å². The molecule has 0 N–H and O–H groups in total. The highest BCUT2D eigenvalue weighted by atomic mass is 35.5. The molecule has 2 rings (SSSR count). The Balaban J connectivity index is 1.83. The molecule has 7 heteroatoms. The van der Waals surface area contributed by atoms with Crippen molar-refractivity contribution in [3.63, 3.8) is 0 Å². The Morgan fingerprint density at radius 2 is 1.95 bits per heavy atom. The van der Waals surface area contributed by atoms with Gasteiger partial charge in [-0.25, -0.2) is 4.39 Å². The molecule has 1 aromatic carbocycles. The molecule has 1 aromatic heterocycles. The van der Waals surface area contributed by atoms with Gasteiger partial charge in [0.2, 0.25) is 0 Å². The molecular weight excluding hydrogens is 297 g/mol. The molecular formula is C14H13ClFN3O2. The van der Waals surface area contributed by atoms with E-state index in [4.69, 9.17) is 16.3 Å². The first-order valence-corrected chi connectivity index (χ1v) is 6.57. The summed E-state index contributed by atoms with van der Waals surface area (Å²) in [5.41, 5.74) is 0.212. The third-order valence-electron chi connectivity index (χ3n) is 2.71. The van der Waals surface area contributed by atoms with Crippen molar-refractivity contribution in [2.75, 3.05) is 20.2 Å². The zero-order valence-electron chi connectivity index (χ0n) is 11.3. The second kappa shape index (κ2) is 6.99. The number of nitrogens with zero attached hydrogens (tertiary/aromatic N) is 3. The van der Waals surface area contributed by atoms with E-state index >= 15 is 0 Å². The summed E-state index contributed by atoms with van der Waals surface area (Å²) in [5.74, 6) is -0.0543. The molecule has 5 nitrogen and oxygen atoms in total. The highest BCUT2D eigenvalue weighted by Gasteiger charge is 2.13. The van der Waals surface area contributed by atoms with Crippen molar-refractivity contribution in [2.45, 2.75) is 0 Å². The first kappa shape index (κ1) is 15.2. The average Bonchev–Trinajstić information content (AvgIpc) is 2.49. The summed E-state index contributed by atoms with van der Waals surface area (Å²) in [7, 11) is 1.63. The van der Waals surface area contributed by atoms with Gasteiger partial charge in [-0.15, -0.1) is 10.2 Å². The number of amides is 1. The SMILES string of the molecule is CN(CCOc1ccc(F)cc1)C(=O)c1ccc(Cl)nn1. The van der Waals surface area contributed by atoms with Crippen molar-refractivity contribution in [1.82, 2.24) is 15.1 Å². The number of hydrogen-bond acceptors (Lipinski definition) is 4. The van der Waals surface area contributed by atoms with Crippen LogP contribution in [0.3, 0.4) is 0 Å². The van der Waals surface area contributed by atoms with E-state index in [1.54, 1.807) is 7.05 Å². The van der Waals surface area contributed by atoms with Crippen LogP contribution in [0, 0.1) is 5.82 Å². The smallest absolute Gasteiger partial charge is 0.274 e. The third kappa shape index (κ3) is 4.39. The van der Waals surface area contributed by atoms with E-state index in [-0.39, 0.29) is 29.2 Å². The van der Waals surface area contributed by atoms with Crippen LogP contribution in [0.2, 0.25) is 5.15 Å². The van der Waals surface area contributed by atoms with Gasteiger partial charge in [-0.1, -0.05) is 11.6 Å². The molecule has 0 unspecified atom stereocenters. The quantitative estimate of drug-likeness (QED) is 0.851. The maximum absolute atomic E-state index is 12.7. The Morgan fingerprint density at radius 3 is 2.57 bits per heavy atom. The van der Waals surface area contributed by atoms with E-state index in [1.807, 2.05) is 0 Å². The van der Waals surface area contributed by atoms with Crippen molar-refractivity contribution in [3.05, 3.63) is 53.1 Å².